The highest BCUT2D eigenvalue weighted by atomic mass is 15.2. The molecule has 25 heavy (non-hydrogen) atoms. The molecule has 6 heteroatoms. The molecule has 1 N–H and O–H groups in total. The van der Waals surface area contributed by atoms with Crippen molar-refractivity contribution in [2.45, 2.75) is 13.5 Å². The number of anilines is 2. The van der Waals surface area contributed by atoms with Crippen LogP contribution in [0.25, 0.3) is 16.4 Å². The zero-order valence-electron chi connectivity index (χ0n) is 14.6. The lowest BCUT2D eigenvalue weighted by Gasteiger charge is -2.16. The van der Waals surface area contributed by atoms with Crippen molar-refractivity contribution in [1.29, 1.82) is 0 Å². The van der Waals surface area contributed by atoms with Crippen LogP contribution in [0.4, 0.5) is 11.6 Å². The topological polar surface area (TPSA) is 58.3 Å². The van der Waals surface area contributed by atoms with Gasteiger partial charge in [-0.05, 0) is 30.7 Å². The number of nitrogens with zero attached hydrogens (tertiary/aromatic N) is 5. The summed E-state index contributed by atoms with van der Waals surface area (Å²) in [5, 5.41) is 9.04. The lowest BCUT2D eigenvalue weighted by Crippen LogP contribution is -2.12. The Morgan fingerprint density at radius 1 is 1.16 bits per heavy atom. The maximum Gasteiger partial charge on any atom is 0.152 e. The lowest BCUT2D eigenvalue weighted by molar-refractivity contribution is 0.920. The third-order valence-electron chi connectivity index (χ3n) is 4.20. The first-order chi connectivity index (χ1) is 12.1. The first kappa shape index (κ1) is 15.4. The fraction of sp³-hybridized carbons (Fsp3) is 0.211. The third-order valence-corrected chi connectivity index (χ3v) is 4.20. The van der Waals surface area contributed by atoms with Crippen molar-refractivity contribution in [3.05, 3.63) is 60.0 Å². The maximum absolute atomic E-state index is 4.71. The zero-order chi connectivity index (χ0) is 17.4. The Kier molecular flexibility index (Phi) is 3.72. The van der Waals surface area contributed by atoms with Gasteiger partial charge in [0.05, 0.1) is 11.2 Å². The largest absolute Gasteiger partial charge is 0.364 e. The molecular formula is C19H20N6. The van der Waals surface area contributed by atoms with Crippen molar-refractivity contribution in [2.24, 2.45) is 0 Å². The van der Waals surface area contributed by atoms with E-state index in [2.05, 4.69) is 27.5 Å². The van der Waals surface area contributed by atoms with Gasteiger partial charge in [-0.3, -0.25) is 0 Å². The molecule has 0 saturated carbocycles. The standard InChI is InChI=1S/C19H20N6/c1-13-10-17-19(20-8-9-25(17)23-13)21-12-14-11-18(24(2)3)22-16-7-5-4-6-15(14)16/h4-11H,12H2,1-3H3,(H,20,21). The third kappa shape index (κ3) is 2.87. The molecule has 4 rings (SSSR count). The van der Waals surface area contributed by atoms with E-state index in [0.29, 0.717) is 6.54 Å². The molecule has 6 nitrogen and oxygen atoms in total. The minimum atomic E-state index is 0.667. The minimum Gasteiger partial charge on any atom is -0.364 e. The number of hydrogen-bond acceptors (Lipinski definition) is 5. The Morgan fingerprint density at radius 3 is 2.84 bits per heavy atom. The Balaban J connectivity index is 1.72. The van der Waals surface area contributed by atoms with E-state index in [4.69, 9.17) is 4.98 Å². The molecule has 0 aliphatic carbocycles. The highest BCUT2D eigenvalue weighted by Crippen LogP contribution is 2.23. The van der Waals surface area contributed by atoms with Gasteiger partial charge in [-0.25, -0.2) is 14.5 Å². The van der Waals surface area contributed by atoms with E-state index in [9.17, 15) is 0 Å². The second-order valence-electron chi connectivity index (χ2n) is 6.30. The van der Waals surface area contributed by atoms with Gasteiger partial charge in [0, 0.05) is 38.4 Å². The summed E-state index contributed by atoms with van der Waals surface area (Å²) in [6.07, 6.45) is 3.62. The molecular weight excluding hydrogens is 312 g/mol. The summed E-state index contributed by atoms with van der Waals surface area (Å²) in [5.74, 6) is 1.78. The average Bonchev–Trinajstić information content (AvgIpc) is 3.00. The fourth-order valence-corrected chi connectivity index (χ4v) is 2.97. The van der Waals surface area contributed by atoms with Crippen LogP contribution in [0.2, 0.25) is 0 Å². The van der Waals surface area contributed by atoms with E-state index in [1.54, 1.807) is 6.20 Å². The molecule has 0 atom stereocenters. The van der Waals surface area contributed by atoms with Crippen molar-refractivity contribution in [3.8, 4) is 0 Å². The van der Waals surface area contributed by atoms with Crippen LogP contribution < -0.4 is 10.2 Å². The molecule has 0 amide bonds. The predicted octanol–water partition coefficient (Wildman–Crippen LogP) is 3.26. The summed E-state index contributed by atoms with van der Waals surface area (Å²) < 4.78 is 1.85. The molecule has 4 aromatic rings. The molecule has 0 radical (unpaired) electrons. The molecule has 1 aromatic carbocycles. The van der Waals surface area contributed by atoms with Gasteiger partial charge in [-0.15, -0.1) is 0 Å². The van der Waals surface area contributed by atoms with Crippen LogP contribution in [0.1, 0.15) is 11.3 Å². The van der Waals surface area contributed by atoms with Crippen LogP contribution in [0.3, 0.4) is 0 Å². The van der Waals surface area contributed by atoms with Crippen LogP contribution in [-0.4, -0.2) is 33.7 Å². The quantitative estimate of drug-likeness (QED) is 0.621. The van der Waals surface area contributed by atoms with Gasteiger partial charge in [-0.2, -0.15) is 5.10 Å². The number of aryl methyl sites for hydroxylation is 1. The van der Waals surface area contributed by atoms with E-state index in [1.807, 2.05) is 60.9 Å². The van der Waals surface area contributed by atoms with Crippen LogP contribution in [0.5, 0.6) is 0 Å². The zero-order valence-corrected chi connectivity index (χ0v) is 14.6. The molecule has 126 valence electrons. The Bertz CT molecular complexity index is 1050. The van der Waals surface area contributed by atoms with Gasteiger partial charge in [-0.1, -0.05) is 18.2 Å². The highest BCUT2D eigenvalue weighted by molar-refractivity contribution is 5.84. The van der Waals surface area contributed by atoms with Crippen molar-refractivity contribution >= 4 is 28.1 Å². The van der Waals surface area contributed by atoms with Gasteiger partial charge in [0.15, 0.2) is 5.82 Å². The molecule has 0 unspecified atom stereocenters. The van der Waals surface area contributed by atoms with Crippen LogP contribution in [-0.2, 0) is 6.54 Å². The van der Waals surface area contributed by atoms with Crippen LogP contribution in [0, 0.1) is 6.92 Å². The van der Waals surface area contributed by atoms with Crippen molar-refractivity contribution in [2.75, 3.05) is 24.3 Å². The highest BCUT2D eigenvalue weighted by Gasteiger charge is 2.09. The van der Waals surface area contributed by atoms with E-state index in [0.717, 1.165) is 33.7 Å². The van der Waals surface area contributed by atoms with Gasteiger partial charge in [0.2, 0.25) is 0 Å². The number of nitrogens with one attached hydrogen (secondary N) is 1. The van der Waals surface area contributed by atoms with Crippen molar-refractivity contribution in [1.82, 2.24) is 19.6 Å². The van der Waals surface area contributed by atoms with Gasteiger partial charge < -0.3 is 10.2 Å². The Hall–Kier alpha value is -3.15. The second-order valence-corrected chi connectivity index (χ2v) is 6.30. The number of aromatic nitrogens is 4. The van der Waals surface area contributed by atoms with Gasteiger partial charge in [0.1, 0.15) is 11.3 Å². The summed E-state index contributed by atoms with van der Waals surface area (Å²) >= 11 is 0. The summed E-state index contributed by atoms with van der Waals surface area (Å²) in [7, 11) is 4.01. The average molecular weight is 332 g/mol. The number of fused-ring (bicyclic) bond motifs is 2. The number of hydrogen-bond donors (Lipinski definition) is 1. The summed E-state index contributed by atoms with van der Waals surface area (Å²) in [6, 6.07) is 12.4. The van der Waals surface area contributed by atoms with Crippen LogP contribution in [0.15, 0.2) is 48.8 Å². The fourth-order valence-electron chi connectivity index (χ4n) is 2.97. The van der Waals surface area contributed by atoms with Crippen molar-refractivity contribution < 1.29 is 0 Å². The first-order valence-corrected chi connectivity index (χ1v) is 8.22. The first-order valence-electron chi connectivity index (χ1n) is 8.22. The molecule has 0 bridgehead atoms. The van der Waals surface area contributed by atoms with Crippen molar-refractivity contribution in [3.63, 3.8) is 0 Å². The van der Waals surface area contributed by atoms with E-state index in [1.165, 1.54) is 5.56 Å². The summed E-state index contributed by atoms with van der Waals surface area (Å²) in [5.41, 5.74) is 4.14. The lowest BCUT2D eigenvalue weighted by atomic mass is 10.1. The second kappa shape index (κ2) is 6.05. The number of pyridine rings is 1. The predicted molar refractivity (Wildman–Crippen MR) is 101 cm³/mol. The summed E-state index contributed by atoms with van der Waals surface area (Å²) in [6.45, 7) is 2.65. The summed E-state index contributed by atoms with van der Waals surface area (Å²) in [4.78, 5) is 11.2. The normalized spacial score (nSPS) is 11.2. The van der Waals surface area contributed by atoms with Crippen LogP contribution >= 0.6 is 0 Å². The molecule has 3 aromatic heterocycles. The van der Waals surface area contributed by atoms with E-state index in [-0.39, 0.29) is 0 Å². The Morgan fingerprint density at radius 2 is 2.00 bits per heavy atom. The van der Waals surface area contributed by atoms with E-state index < -0.39 is 0 Å². The Labute approximate surface area is 146 Å². The monoisotopic (exact) mass is 332 g/mol. The minimum absolute atomic E-state index is 0.667. The van der Waals surface area contributed by atoms with E-state index >= 15 is 0 Å². The maximum atomic E-state index is 4.71. The molecule has 0 spiro atoms. The number of para-hydroxylation sites is 1. The number of benzene rings is 1. The molecule has 0 aliphatic heterocycles. The smallest absolute Gasteiger partial charge is 0.152 e. The number of rotatable bonds is 4. The molecule has 3 heterocycles. The molecule has 0 saturated heterocycles. The van der Waals surface area contributed by atoms with Gasteiger partial charge >= 0.3 is 0 Å². The van der Waals surface area contributed by atoms with Gasteiger partial charge in [0.25, 0.3) is 0 Å². The molecule has 0 fully saturated rings. The molecule has 0 aliphatic rings. The SMILES string of the molecule is Cc1cc2c(NCc3cc(N(C)C)nc4ccccc34)nccn2n1.